The van der Waals surface area contributed by atoms with Crippen molar-refractivity contribution < 1.29 is 5.11 Å². The fourth-order valence-electron chi connectivity index (χ4n) is 2.31. The van der Waals surface area contributed by atoms with Crippen molar-refractivity contribution in [2.75, 3.05) is 5.32 Å². The lowest BCUT2D eigenvalue weighted by molar-refractivity contribution is 0.469. The first kappa shape index (κ1) is 12.7. The Labute approximate surface area is 109 Å². The van der Waals surface area contributed by atoms with E-state index < -0.39 is 0 Å². The molecule has 2 rings (SSSR count). The second kappa shape index (κ2) is 5.30. The molecule has 0 heterocycles. The van der Waals surface area contributed by atoms with Gasteiger partial charge in [-0.2, -0.15) is 0 Å². The molecular weight excluding hydrogens is 222 g/mol. The molecule has 18 heavy (non-hydrogen) atoms. The van der Waals surface area contributed by atoms with Crippen molar-refractivity contribution in [1.82, 2.24) is 0 Å². The van der Waals surface area contributed by atoms with Crippen molar-refractivity contribution in [3.63, 3.8) is 0 Å². The fraction of sp³-hybridized carbons (Fsp3) is 0.375. The summed E-state index contributed by atoms with van der Waals surface area (Å²) in [6.07, 6.45) is 1.95. The SMILES string of the molecule is CCCc1c(O)ccc2ccc(NC(C)C)cc12. The zero-order chi connectivity index (χ0) is 13.1. The van der Waals surface area contributed by atoms with E-state index in [0.717, 1.165) is 29.5 Å². The van der Waals surface area contributed by atoms with Gasteiger partial charge in [-0.05, 0) is 49.2 Å². The number of rotatable bonds is 4. The first-order valence-electron chi connectivity index (χ1n) is 6.63. The highest BCUT2D eigenvalue weighted by atomic mass is 16.3. The number of nitrogens with one attached hydrogen (secondary N) is 1. The van der Waals surface area contributed by atoms with Crippen LogP contribution in [-0.2, 0) is 6.42 Å². The molecule has 0 amide bonds. The van der Waals surface area contributed by atoms with E-state index in [1.165, 1.54) is 5.39 Å². The molecule has 0 bridgehead atoms. The van der Waals surface area contributed by atoms with Gasteiger partial charge in [-0.25, -0.2) is 0 Å². The molecule has 96 valence electrons. The van der Waals surface area contributed by atoms with Crippen LogP contribution in [0.25, 0.3) is 10.8 Å². The van der Waals surface area contributed by atoms with Gasteiger partial charge in [0.05, 0.1) is 0 Å². The number of hydrogen-bond acceptors (Lipinski definition) is 2. The van der Waals surface area contributed by atoms with Crippen molar-refractivity contribution in [2.24, 2.45) is 0 Å². The molecule has 0 saturated heterocycles. The van der Waals surface area contributed by atoms with Crippen molar-refractivity contribution in [2.45, 2.75) is 39.7 Å². The third kappa shape index (κ3) is 2.58. The van der Waals surface area contributed by atoms with Gasteiger partial charge in [0.1, 0.15) is 5.75 Å². The van der Waals surface area contributed by atoms with Crippen LogP contribution in [0.3, 0.4) is 0 Å². The van der Waals surface area contributed by atoms with Gasteiger partial charge in [-0.15, -0.1) is 0 Å². The van der Waals surface area contributed by atoms with Gasteiger partial charge < -0.3 is 10.4 Å². The Balaban J connectivity index is 2.54. The average molecular weight is 243 g/mol. The molecule has 0 unspecified atom stereocenters. The quantitative estimate of drug-likeness (QED) is 0.838. The van der Waals surface area contributed by atoms with E-state index in [0.29, 0.717) is 11.8 Å². The van der Waals surface area contributed by atoms with E-state index in [-0.39, 0.29) is 0 Å². The van der Waals surface area contributed by atoms with E-state index in [1.807, 2.05) is 6.07 Å². The summed E-state index contributed by atoms with van der Waals surface area (Å²) in [5.74, 6) is 0.408. The minimum Gasteiger partial charge on any atom is -0.508 e. The Hall–Kier alpha value is -1.70. The molecule has 2 nitrogen and oxygen atoms in total. The third-order valence-electron chi connectivity index (χ3n) is 3.06. The van der Waals surface area contributed by atoms with Crippen LogP contribution in [0.4, 0.5) is 5.69 Å². The molecule has 0 fully saturated rings. The van der Waals surface area contributed by atoms with Crippen LogP contribution < -0.4 is 5.32 Å². The first-order chi connectivity index (χ1) is 8.61. The summed E-state index contributed by atoms with van der Waals surface area (Å²) < 4.78 is 0. The Morgan fingerprint density at radius 2 is 1.89 bits per heavy atom. The monoisotopic (exact) mass is 243 g/mol. The number of hydrogen-bond donors (Lipinski definition) is 2. The van der Waals surface area contributed by atoms with E-state index in [2.05, 4.69) is 44.3 Å². The third-order valence-corrected chi connectivity index (χ3v) is 3.06. The molecule has 2 N–H and O–H groups in total. The largest absolute Gasteiger partial charge is 0.508 e. The topological polar surface area (TPSA) is 32.3 Å². The molecule has 0 radical (unpaired) electrons. The molecular formula is C16H21NO. The summed E-state index contributed by atoms with van der Waals surface area (Å²) in [7, 11) is 0. The van der Waals surface area contributed by atoms with Gasteiger partial charge in [0.25, 0.3) is 0 Å². The highest BCUT2D eigenvalue weighted by Crippen LogP contribution is 2.30. The summed E-state index contributed by atoms with van der Waals surface area (Å²) in [5, 5.41) is 15.7. The zero-order valence-corrected chi connectivity index (χ0v) is 11.3. The van der Waals surface area contributed by atoms with Crippen LogP contribution in [0.5, 0.6) is 5.75 Å². The van der Waals surface area contributed by atoms with Crippen LogP contribution >= 0.6 is 0 Å². The molecule has 2 heteroatoms. The molecule has 2 aromatic rings. The second-order valence-corrected chi connectivity index (χ2v) is 5.05. The van der Waals surface area contributed by atoms with Crippen LogP contribution in [0.2, 0.25) is 0 Å². The predicted molar refractivity (Wildman–Crippen MR) is 78.4 cm³/mol. The van der Waals surface area contributed by atoms with Gasteiger partial charge in [0, 0.05) is 17.3 Å². The van der Waals surface area contributed by atoms with Gasteiger partial charge >= 0.3 is 0 Å². The molecule has 0 spiro atoms. The maximum atomic E-state index is 9.99. The van der Waals surface area contributed by atoms with Gasteiger partial charge in [0.2, 0.25) is 0 Å². The number of phenolic OH excluding ortho intramolecular Hbond substituents is 1. The summed E-state index contributed by atoms with van der Waals surface area (Å²) >= 11 is 0. The number of phenols is 1. The van der Waals surface area contributed by atoms with Crippen LogP contribution in [-0.4, -0.2) is 11.1 Å². The standard InChI is InChI=1S/C16H21NO/c1-4-5-14-15-10-13(17-11(2)3)8-6-12(15)7-9-16(14)18/h6-11,17-18H,4-5H2,1-3H3. The maximum Gasteiger partial charge on any atom is 0.119 e. The molecule has 0 aliphatic carbocycles. The summed E-state index contributed by atoms with van der Waals surface area (Å²) in [6.45, 7) is 6.38. The van der Waals surface area contributed by atoms with Crippen molar-refractivity contribution in [3.8, 4) is 5.75 Å². The molecule has 0 aromatic heterocycles. The Morgan fingerprint density at radius 3 is 2.56 bits per heavy atom. The van der Waals surface area contributed by atoms with E-state index in [9.17, 15) is 5.11 Å². The lowest BCUT2D eigenvalue weighted by Gasteiger charge is -2.13. The van der Waals surface area contributed by atoms with Crippen LogP contribution in [0.1, 0.15) is 32.8 Å². The van der Waals surface area contributed by atoms with E-state index in [1.54, 1.807) is 6.07 Å². The van der Waals surface area contributed by atoms with Crippen LogP contribution in [0.15, 0.2) is 30.3 Å². The van der Waals surface area contributed by atoms with E-state index >= 15 is 0 Å². The average Bonchev–Trinajstić information content (AvgIpc) is 2.32. The van der Waals surface area contributed by atoms with Crippen molar-refractivity contribution >= 4 is 16.5 Å². The van der Waals surface area contributed by atoms with Gasteiger partial charge in [-0.3, -0.25) is 0 Å². The highest BCUT2D eigenvalue weighted by molar-refractivity contribution is 5.90. The normalized spacial score (nSPS) is 11.1. The molecule has 0 saturated carbocycles. The number of anilines is 1. The Bertz CT molecular complexity index is 546. The maximum absolute atomic E-state index is 9.99. The first-order valence-corrected chi connectivity index (χ1v) is 6.63. The van der Waals surface area contributed by atoms with Crippen molar-refractivity contribution in [3.05, 3.63) is 35.9 Å². The molecule has 2 aromatic carbocycles. The summed E-state index contributed by atoms with van der Waals surface area (Å²) in [6, 6.07) is 10.5. The predicted octanol–water partition coefficient (Wildman–Crippen LogP) is 4.32. The highest BCUT2D eigenvalue weighted by Gasteiger charge is 2.07. The lowest BCUT2D eigenvalue weighted by atomic mass is 9.99. The Kier molecular flexibility index (Phi) is 3.75. The number of aryl methyl sites for hydroxylation is 1. The number of fused-ring (bicyclic) bond motifs is 1. The number of benzene rings is 2. The minimum atomic E-state index is 0.408. The van der Waals surface area contributed by atoms with Crippen LogP contribution in [0, 0.1) is 0 Å². The number of aromatic hydroxyl groups is 1. The minimum absolute atomic E-state index is 0.408. The molecule has 0 atom stereocenters. The summed E-state index contributed by atoms with van der Waals surface area (Å²) in [4.78, 5) is 0. The fourth-order valence-corrected chi connectivity index (χ4v) is 2.31. The molecule has 0 aliphatic heterocycles. The second-order valence-electron chi connectivity index (χ2n) is 5.05. The lowest BCUT2D eigenvalue weighted by Crippen LogP contribution is -2.09. The summed E-state index contributed by atoms with van der Waals surface area (Å²) in [5.41, 5.74) is 2.17. The zero-order valence-electron chi connectivity index (χ0n) is 11.3. The van der Waals surface area contributed by atoms with Gasteiger partial charge in [0.15, 0.2) is 0 Å². The van der Waals surface area contributed by atoms with Gasteiger partial charge in [-0.1, -0.05) is 25.5 Å². The molecule has 0 aliphatic rings. The van der Waals surface area contributed by atoms with Crippen molar-refractivity contribution in [1.29, 1.82) is 0 Å². The smallest absolute Gasteiger partial charge is 0.119 e. The Morgan fingerprint density at radius 1 is 1.17 bits per heavy atom. The van der Waals surface area contributed by atoms with E-state index in [4.69, 9.17) is 0 Å².